The molecule has 1 aromatic carbocycles. The first-order chi connectivity index (χ1) is 15.7. The number of nitrogens with one attached hydrogen (secondary N) is 1. The summed E-state index contributed by atoms with van der Waals surface area (Å²) in [5.41, 5.74) is 2.79. The third-order valence-electron chi connectivity index (χ3n) is 6.40. The van der Waals surface area contributed by atoms with Crippen LogP contribution in [0.15, 0.2) is 36.7 Å². The van der Waals surface area contributed by atoms with E-state index in [0.717, 1.165) is 51.0 Å². The first-order valence-corrected chi connectivity index (χ1v) is 11.7. The molecule has 1 N–H and O–H groups in total. The summed E-state index contributed by atoms with van der Waals surface area (Å²) in [5.74, 6) is 0.917. The average Bonchev–Trinajstić information content (AvgIpc) is 3.40. The number of benzene rings is 1. The lowest BCUT2D eigenvalue weighted by atomic mass is 10.0. The number of hydrogen-bond donors (Lipinski definition) is 1. The summed E-state index contributed by atoms with van der Waals surface area (Å²) in [7, 11) is 0. The Morgan fingerprint density at radius 2 is 1.88 bits per heavy atom. The molecule has 0 spiro atoms. The fourth-order valence-electron chi connectivity index (χ4n) is 4.62. The molecule has 2 fully saturated rings. The van der Waals surface area contributed by atoms with E-state index >= 15 is 0 Å². The van der Waals surface area contributed by atoms with Gasteiger partial charge in [-0.05, 0) is 36.4 Å². The Morgan fingerprint density at radius 1 is 1.06 bits per heavy atom. The number of anilines is 1. The van der Waals surface area contributed by atoms with Crippen LogP contribution in [-0.4, -0.2) is 67.4 Å². The molecule has 9 heteroatoms. The third-order valence-corrected chi connectivity index (χ3v) is 6.57. The second-order valence-electron chi connectivity index (χ2n) is 8.62. The van der Waals surface area contributed by atoms with E-state index in [4.69, 9.17) is 11.6 Å². The fourth-order valence-corrected chi connectivity index (χ4v) is 4.79. The van der Waals surface area contributed by atoms with E-state index in [1.54, 1.807) is 6.33 Å². The predicted octanol–water partition coefficient (Wildman–Crippen LogP) is 3.18. The van der Waals surface area contributed by atoms with E-state index in [0.29, 0.717) is 37.0 Å². The highest BCUT2D eigenvalue weighted by atomic mass is 35.5. The van der Waals surface area contributed by atoms with Gasteiger partial charge in [0.05, 0.1) is 6.33 Å². The highest BCUT2D eigenvalue weighted by molar-refractivity contribution is 6.28. The summed E-state index contributed by atoms with van der Waals surface area (Å²) in [6.07, 6.45) is 5.43. The fraction of sp³-hybridized carbons (Fsp3) is 0.478. The molecule has 2 aromatic heterocycles. The number of hydrogen-bond acceptors (Lipinski definition) is 6. The van der Waals surface area contributed by atoms with Gasteiger partial charge in [-0.3, -0.25) is 9.69 Å². The van der Waals surface area contributed by atoms with Crippen molar-refractivity contribution >= 4 is 34.5 Å². The van der Waals surface area contributed by atoms with Crippen molar-refractivity contribution in [2.24, 2.45) is 0 Å². The van der Waals surface area contributed by atoms with E-state index < -0.39 is 0 Å². The maximum absolute atomic E-state index is 11.9. The van der Waals surface area contributed by atoms with Crippen LogP contribution >= 0.6 is 11.6 Å². The Labute approximate surface area is 192 Å². The number of rotatable bonds is 7. The molecule has 168 valence electrons. The SMILES string of the molecule is O=C1CCCN1CCn1cnc2c(NC3CCN(Cc4ccccc4)CC3)nc(Cl)nc21. The van der Waals surface area contributed by atoms with Gasteiger partial charge in [0.25, 0.3) is 0 Å². The van der Waals surface area contributed by atoms with Crippen molar-refractivity contribution in [2.75, 3.05) is 31.5 Å². The molecule has 0 bridgehead atoms. The molecule has 32 heavy (non-hydrogen) atoms. The van der Waals surface area contributed by atoms with Crippen LogP contribution in [0.5, 0.6) is 0 Å². The molecule has 3 aromatic rings. The van der Waals surface area contributed by atoms with Gasteiger partial charge in [0, 0.05) is 51.7 Å². The van der Waals surface area contributed by atoms with Crippen molar-refractivity contribution in [1.29, 1.82) is 0 Å². The van der Waals surface area contributed by atoms with Crippen molar-refractivity contribution in [2.45, 2.75) is 44.8 Å². The van der Waals surface area contributed by atoms with Crippen LogP contribution in [0.1, 0.15) is 31.2 Å². The molecule has 0 aliphatic carbocycles. The van der Waals surface area contributed by atoms with Crippen LogP contribution in [0.4, 0.5) is 5.82 Å². The van der Waals surface area contributed by atoms with Gasteiger partial charge in [-0.25, -0.2) is 4.98 Å². The van der Waals surface area contributed by atoms with Crippen LogP contribution in [0.25, 0.3) is 11.2 Å². The van der Waals surface area contributed by atoms with Gasteiger partial charge >= 0.3 is 0 Å². The number of imidazole rings is 1. The van der Waals surface area contributed by atoms with E-state index in [1.165, 1.54) is 5.56 Å². The zero-order valence-corrected chi connectivity index (χ0v) is 18.8. The number of fused-ring (bicyclic) bond motifs is 1. The summed E-state index contributed by atoms with van der Waals surface area (Å²) in [5, 5.41) is 3.77. The minimum absolute atomic E-state index is 0.209. The average molecular weight is 454 g/mol. The number of piperidine rings is 1. The Bertz CT molecular complexity index is 1080. The van der Waals surface area contributed by atoms with Crippen LogP contribution in [-0.2, 0) is 17.9 Å². The standard InChI is InChI=1S/C23H28ClN7O/c24-23-27-21(26-18-8-11-29(12-9-18)15-17-5-2-1-3-6-17)20-22(28-23)31(16-25-20)14-13-30-10-4-7-19(30)32/h1-3,5-6,16,18H,4,7-15H2,(H,26,27,28). The monoisotopic (exact) mass is 453 g/mol. The number of carbonyl (C=O) groups is 1. The van der Waals surface area contributed by atoms with Crippen LogP contribution in [0.3, 0.4) is 0 Å². The predicted molar refractivity (Wildman–Crippen MR) is 125 cm³/mol. The summed E-state index contributed by atoms with van der Waals surface area (Å²) in [6, 6.07) is 10.9. The summed E-state index contributed by atoms with van der Waals surface area (Å²) in [6.45, 7) is 5.19. The number of amides is 1. The summed E-state index contributed by atoms with van der Waals surface area (Å²) >= 11 is 6.26. The largest absolute Gasteiger partial charge is 0.365 e. The maximum Gasteiger partial charge on any atom is 0.226 e. The molecule has 1 amide bonds. The first-order valence-electron chi connectivity index (χ1n) is 11.3. The molecule has 0 saturated carbocycles. The Hall–Kier alpha value is -2.71. The van der Waals surface area contributed by atoms with Crippen LogP contribution in [0.2, 0.25) is 5.28 Å². The Kier molecular flexibility index (Phi) is 6.23. The first kappa shape index (κ1) is 21.2. The molecule has 2 saturated heterocycles. The molecular formula is C23H28ClN7O. The van der Waals surface area contributed by atoms with Gasteiger partial charge in [0.15, 0.2) is 17.0 Å². The summed E-state index contributed by atoms with van der Waals surface area (Å²) in [4.78, 5) is 29.7. The van der Waals surface area contributed by atoms with Gasteiger partial charge in [-0.2, -0.15) is 9.97 Å². The quantitative estimate of drug-likeness (QED) is 0.553. The Balaban J connectivity index is 1.23. The highest BCUT2D eigenvalue weighted by Gasteiger charge is 2.23. The topological polar surface area (TPSA) is 79.2 Å². The lowest BCUT2D eigenvalue weighted by Crippen LogP contribution is -2.38. The molecular weight excluding hydrogens is 426 g/mol. The lowest BCUT2D eigenvalue weighted by Gasteiger charge is -2.32. The highest BCUT2D eigenvalue weighted by Crippen LogP contribution is 2.24. The number of likely N-dealkylation sites (tertiary alicyclic amines) is 2. The second-order valence-corrected chi connectivity index (χ2v) is 8.95. The van der Waals surface area contributed by atoms with Gasteiger partial charge in [0.2, 0.25) is 11.2 Å². The minimum Gasteiger partial charge on any atom is -0.365 e. The van der Waals surface area contributed by atoms with Crippen LogP contribution < -0.4 is 5.32 Å². The van der Waals surface area contributed by atoms with Gasteiger partial charge in [-0.1, -0.05) is 30.3 Å². The number of halogens is 1. The van der Waals surface area contributed by atoms with Crippen molar-refractivity contribution in [3.8, 4) is 0 Å². The number of aromatic nitrogens is 4. The molecule has 0 radical (unpaired) electrons. The number of nitrogens with zero attached hydrogens (tertiary/aromatic N) is 6. The van der Waals surface area contributed by atoms with Gasteiger partial charge in [0.1, 0.15) is 0 Å². The zero-order chi connectivity index (χ0) is 21.9. The third kappa shape index (κ3) is 4.71. The molecule has 8 nitrogen and oxygen atoms in total. The molecule has 5 rings (SSSR count). The van der Waals surface area contributed by atoms with E-state index in [-0.39, 0.29) is 11.2 Å². The Morgan fingerprint density at radius 3 is 2.62 bits per heavy atom. The molecule has 0 unspecified atom stereocenters. The van der Waals surface area contributed by atoms with Gasteiger partial charge in [-0.15, -0.1) is 0 Å². The summed E-state index contributed by atoms with van der Waals surface area (Å²) < 4.78 is 1.96. The normalized spacial score (nSPS) is 18.0. The molecule has 2 aliphatic rings. The van der Waals surface area contributed by atoms with Crippen molar-refractivity contribution in [3.63, 3.8) is 0 Å². The maximum atomic E-state index is 11.9. The molecule has 0 atom stereocenters. The smallest absolute Gasteiger partial charge is 0.226 e. The number of carbonyl (C=O) groups excluding carboxylic acids is 1. The van der Waals surface area contributed by atoms with Crippen molar-refractivity contribution in [3.05, 3.63) is 47.5 Å². The van der Waals surface area contributed by atoms with Crippen LogP contribution in [0, 0.1) is 0 Å². The van der Waals surface area contributed by atoms with E-state index in [1.807, 2.05) is 9.47 Å². The molecule has 2 aliphatic heterocycles. The minimum atomic E-state index is 0.209. The van der Waals surface area contributed by atoms with Crippen molar-refractivity contribution < 1.29 is 4.79 Å². The second kappa shape index (κ2) is 9.42. The zero-order valence-electron chi connectivity index (χ0n) is 18.1. The van der Waals surface area contributed by atoms with E-state index in [9.17, 15) is 4.79 Å². The van der Waals surface area contributed by atoms with E-state index in [2.05, 4.69) is 55.5 Å². The van der Waals surface area contributed by atoms with Crippen molar-refractivity contribution in [1.82, 2.24) is 29.3 Å². The lowest BCUT2D eigenvalue weighted by molar-refractivity contribution is -0.127. The van der Waals surface area contributed by atoms with Gasteiger partial charge < -0.3 is 14.8 Å². The molecule has 4 heterocycles.